The molecule has 2 aliphatic heterocycles. The number of urea groups is 1. The Morgan fingerprint density at radius 1 is 1.09 bits per heavy atom. The number of carbonyl (C=O) groups excluding carboxylic acids is 2. The molecule has 2 fully saturated rings. The third kappa shape index (κ3) is 3.85. The van der Waals surface area contributed by atoms with Crippen LogP contribution in [0.1, 0.15) is 30.4 Å². The van der Waals surface area contributed by atoms with Crippen molar-refractivity contribution in [1.82, 2.24) is 14.5 Å². The van der Waals surface area contributed by atoms with Gasteiger partial charge in [0.15, 0.2) is 0 Å². The van der Waals surface area contributed by atoms with Gasteiger partial charge in [-0.1, -0.05) is 24.3 Å². The molecule has 8 nitrogen and oxygen atoms in total. The van der Waals surface area contributed by atoms with Gasteiger partial charge in [-0.3, -0.25) is 9.69 Å². The first-order chi connectivity index (χ1) is 15.3. The number of halogens is 1. The molecular weight excluding hydrogens is 435 g/mol. The van der Waals surface area contributed by atoms with Crippen molar-refractivity contribution in [2.45, 2.75) is 36.2 Å². The first kappa shape index (κ1) is 21.9. The topological polar surface area (TPSA) is 111 Å². The Morgan fingerprint density at radius 2 is 1.88 bits per heavy atom. The smallest absolute Gasteiger partial charge is 0.323 e. The minimum absolute atomic E-state index is 0.0131. The van der Waals surface area contributed by atoms with Crippen LogP contribution in [-0.2, 0) is 21.4 Å². The van der Waals surface area contributed by atoms with Gasteiger partial charge in [0.25, 0.3) is 5.91 Å². The third-order valence-electron chi connectivity index (χ3n) is 5.90. The van der Waals surface area contributed by atoms with E-state index in [1.165, 1.54) is 22.5 Å². The molecule has 10 heteroatoms. The second-order valence-electron chi connectivity index (χ2n) is 7.90. The Kier molecular flexibility index (Phi) is 5.71. The number of hydrogen-bond donors (Lipinski definition) is 1. The van der Waals surface area contributed by atoms with Crippen LogP contribution in [0, 0.1) is 17.1 Å². The summed E-state index contributed by atoms with van der Waals surface area (Å²) in [5, 5.41) is 11.8. The number of hydrogen-bond acceptors (Lipinski definition) is 5. The first-order valence-corrected chi connectivity index (χ1v) is 11.6. The highest BCUT2D eigenvalue weighted by atomic mass is 32.2. The Labute approximate surface area is 185 Å². The van der Waals surface area contributed by atoms with E-state index in [-0.39, 0.29) is 32.5 Å². The van der Waals surface area contributed by atoms with Crippen molar-refractivity contribution in [1.29, 1.82) is 5.26 Å². The van der Waals surface area contributed by atoms with Gasteiger partial charge in [-0.05, 0) is 49.1 Å². The van der Waals surface area contributed by atoms with Gasteiger partial charge in [0, 0.05) is 13.1 Å². The van der Waals surface area contributed by atoms with E-state index < -0.39 is 38.2 Å². The van der Waals surface area contributed by atoms with Crippen molar-refractivity contribution in [2.24, 2.45) is 0 Å². The van der Waals surface area contributed by atoms with Crippen LogP contribution in [0.5, 0.6) is 0 Å². The van der Waals surface area contributed by atoms with Gasteiger partial charge in [0.05, 0.1) is 18.2 Å². The summed E-state index contributed by atoms with van der Waals surface area (Å²) in [6, 6.07) is 13.3. The van der Waals surface area contributed by atoms with Gasteiger partial charge in [-0.25, -0.2) is 17.6 Å². The molecule has 32 heavy (non-hydrogen) atoms. The molecule has 2 heterocycles. The lowest BCUT2D eigenvalue weighted by atomic mass is 9.90. The van der Waals surface area contributed by atoms with E-state index in [2.05, 4.69) is 5.32 Å². The zero-order chi connectivity index (χ0) is 22.9. The highest BCUT2D eigenvalue weighted by molar-refractivity contribution is 7.89. The number of nitriles is 1. The molecule has 0 bridgehead atoms. The van der Waals surface area contributed by atoms with Gasteiger partial charge >= 0.3 is 6.03 Å². The normalized spacial score (nSPS) is 21.9. The van der Waals surface area contributed by atoms with E-state index in [9.17, 15) is 22.4 Å². The molecule has 166 valence electrons. The maximum atomic E-state index is 14.1. The molecule has 0 aliphatic carbocycles. The fraction of sp³-hybridized carbons (Fsp3) is 0.318. The lowest BCUT2D eigenvalue weighted by Crippen LogP contribution is -2.47. The van der Waals surface area contributed by atoms with Crippen LogP contribution in [0.3, 0.4) is 0 Å². The molecular formula is C22H21FN4O4S. The molecule has 1 unspecified atom stereocenters. The summed E-state index contributed by atoms with van der Waals surface area (Å²) in [5.41, 5.74) is -0.140. The molecule has 1 N–H and O–H groups in total. The molecule has 0 radical (unpaired) electrons. The van der Waals surface area contributed by atoms with E-state index >= 15 is 0 Å². The highest BCUT2D eigenvalue weighted by Crippen LogP contribution is 2.32. The van der Waals surface area contributed by atoms with Crippen molar-refractivity contribution in [2.75, 3.05) is 13.1 Å². The van der Waals surface area contributed by atoms with Crippen LogP contribution in [0.2, 0.25) is 0 Å². The van der Waals surface area contributed by atoms with Crippen molar-refractivity contribution in [3.63, 3.8) is 0 Å². The van der Waals surface area contributed by atoms with Crippen LogP contribution < -0.4 is 5.32 Å². The third-order valence-corrected chi connectivity index (χ3v) is 7.83. The number of sulfonamides is 1. The van der Waals surface area contributed by atoms with E-state index in [1.807, 2.05) is 6.07 Å². The summed E-state index contributed by atoms with van der Waals surface area (Å²) in [6.07, 6.45) is 0.688. The lowest BCUT2D eigenvalue weighted by Gasteiger charge is -2.25. The Hall–Kier alpha value is -3.29. The minimum atomic E-state index is -4.07. The van der Waals surface area contributed by atoms with Gasteiger partial charge in [0.1, 0.15) is 16.3 Å². The van der Waals surface area contributed by atoms with Crippen LogP contribution >= 0.6 is 0 Å². The quantitative estimate of drug-likeness (QED) is 0.710. The maximum Gasteiger partial charge on any atom is 0.325 e. The van der Waals surface area contributed by atoms with E-state index in [0.717, 1.165) is 11.0 Å². The fourth-order valence-corrected chi connectivity index (χ4v) is 5.77. The van der Waals surface area contributed by atoms with E-state index in [4.69, 9.17) is 5.26 Å². The summed E-state index contributed by atoms with van der Waals surface area (Å²) in [5.74, 6) is -1.25. The number of nitrogens with one attached hydrogen (secondary N) is 1. The summed E-state index contributed by atoms with van der Waals surface area (Å²) in [4.78, 5) is 26.5. The lowest BCUT2D eigenvalue weighted by molar-refractivity contribution is -0.132. The molecule has 4 rings (SSSR count). The van der Waals surface area contributed by atoms with Crippen molar-refractivity contribution >= 4 is 22.0 Å². The van der Waals surface area contributed by atoms with E-state index in [1.54, 1.807) is 24.3 Å². The molecule has 2 aromatic rings. The molecule has 2 saturated heterocycles. The number of imide groups is 1. The SMILES string of the molecule is N#Cc1cccc(CN2C(=O)NC3(CCCN(S(=O)(=O)c4ccccc4F)CC3)C2=O)c1. The predicted molar refractivity (Wildman–Crippen MR) is 112 cm³/mol. The zero-order valence-corrected chi connectivity index (χ0v) is 17.9. The Bertz CT molecular complexity index is 1230. The summed E-state index contributed by atoms with van der Waals surface area (Å²) in [7, 11) is -4.07. The van der Waals surface area contributed by atoms with Gasteiger partial charge in [-0.15, -0.1) is 0 Å². The van der Waals surface area contributed by atoms with Crippen LogP contribution in [-0.4, -0.2) is 48.2 Å². The van der Waals surface area contributed by atoms with Crippen LogP contribution in [0.4, 0.5) is 9.18 Å². The molecule has 0 aromatic heterocycles. The molecule has 0 saturated carbocycles. The van der Waals surface area contributed by atoms with Crippen LogP contribution in [0.15, 0.2) is 53.4 Å². The molecule has 1 atom stereocenters. The zero-order valence-electron chi connectivity index (χ0n) is 17.1. The molecule has 2 aliphatic rings. The van der Waals surface area contributed by atoms with Crippen molar-refractivity contribution in [3.8, 4) is 6.07 Å². The Balaban J connectivity index is 1.53. The highest BCUT2D eigenvalue weighted by Gasteiger charge is 2.52. The summed E-state index contributed by atoms with van der Waals surface area (Å²) in [6.45, 7) is 0.103. The molecule has 2 aromatic carbocycles. The largest absolute Gasteiger partial charge is 0.325 e. The summed E-state index contributed by atoms with van der Waals surface area (Å²) >= 11 is 0. The minimum Gasteiger partial charge on any atom is -0.323 e. The monoisotopic (exact) mass is 456 g/mol. The van der Waals surface area contributed by atoms with Crippen LogP contribution in [0.25, 0.3) is 0 Å². The summed E-state index contributed by atoms with van der Waals surface area (Å²) < 4.78 is 41.2. The molecule has 3 amide bonds. The maximum absolute atomic E-state index is 14.1. The van der Waals surface area contributed by atoms with Gasteiger partial charge < -0.3 is 5.32 Å². The number of amides is 3. The van der Waals surface area contributed by atoms with Gasteiger partial charge in [0.2, 0.25) is 10.0 Å². The number of rotatable bonds is 4. The standard InChI is InChI=1S/C22H21FN4O4S/c23-18-7-1-2-8-19(18)32(30,31)26-11-4-9-22(10-12-26)20(28)27(21(29)25-22)15-17-6-3-5-16(13-17)14-24/h1-3,5-8,13H,4,9-12,15H2,(H,25,29). The number of nitrogens with zero attached hydrogens (tertiary/aromatic N) is 3. The second-order valence-corrected chi connectivity index (χ2v) is 9.81. The number of carbonyl (C=O) groups is 2. The van der Waals surface area contributed by atoms with Gasteiger partial charge in [-0.2, -0.15) is 9.57 Å². The second kappa shape index (κ2) is 8.33. The van der Waals surface area contributed by atoms with E-state index in [0.29, 0.717) is 17.5 Å². The average molecular weight is 456 g/mol. The Morgan fingerprint density at radius 3 is 2.62 bits per heavy atom. The van der Waals surface area contributed by atoms with Crippen molar-refractivity contribution < 1.29 is 22.4 Å². The predicted octanol–water partition coefficient (Wildman–Crippen LogP) is 2.36. The average Bonchev–Trinajstić information content (AvgIpc) is 2.92. The number of benzene rings is 2. The van der Waals surface area contributed by atoms with Crippen molar-refractivity contribution in [3.05, 3.63) is 65.5 Å². The first-order valence-electron chi connectivity index (χ1n) is 10.1. The molecule has 1 spiro atoms. The fourth-order valence-electron chi connectivity index (χ4n) is 4.22.